The number of likely N-dealkylation sites (N-methyl/N-ethyl adjacent to an activating group) is 1. The van der Waals surface area contributed by atoms with Crippen LogP contribution in [0.2, 0.25) is 0 Å². The van der Waals surface area contributed by atoms with Crippen molar-refractivity contribution < 1.29 is 0 Å². The molecule has 0 aliphatic heterocycles. The first-order chi connectivity index (χ1) is 6.65. The molecule has 3 nitrogen and oxygen atoms in total. The standard InChI is InChI=1S/C11H19N3/c1-8(2)10(7-12-4)11-13-6-5-9(3)14-11/h5-6,8,10,12H,7H2,1-4H3. The molecular formula is C11H19N3. The van der Waals surface area contributed by atoms with E-state index in [9.17, 15) is 0 Å². The Kier molecular flexibility index (Phi) is 4.01. The molecule has 0 amide bonds. The first-order valence-electron chi connectivity index (χ1n) is 5.09. The van der Waals surface area contributed by atoms with Gasteiger partial charge < -0.3 is 5.32 Å². The van der Waals surface area contributed by atoms with E-state index in [0.29, 0.717) is 11.8 Å². The number of nitrogens with zero attached hydrogens (tertiary/aromatic N) is 2. The summed E-state index contributed by atoms with van der Waals surface area (Å²) in [5.41, 5.74) is 1.04. The highest BCUT2D eigenvalue weighted by atomic mass is 14.9. The molecule has 1 heterocycles. The third kappa shape index (κ3) is 2.77. The number of hydrogen-bond donors (Lipinski definition) is 1. The Balaban J connectivity index is 2.87. The van der Waals surface area contributed by atoms with Crippen molar-refractivity contribution in [2.24, 2.45) is 5.92 Å². The summed E-state index contributed by atoms with van der Waals surface area (Å²) in [6, 6.07) is 1.93. The maximum atomic E-state index is 4.46. The largest absolute Gasteiger partial charge is 0.319 e. The van der Waals surface area contributed by atoms with Crippen LogP contribution in [-0.2, 0) is 0 Å². The van der Waals surface area contributed by atoms with Crippen LogP contribution in [0.3, 0.4) is 0 Å². The van der Waals surface area contributed by atoms with Crippen molar-refractivity contribution in [1.29, 1.82) is 0 Å². The zero-order valence-corrected chi connectivity index (χ0v) is 9.41. The van der Waals surface area contributed by atoms with Crippen molar-refractivity contribution in [2.45, 2.75) is 26.7 Å². The second-order valence-electron chi connectivity index (χ2n) is 3.96. The van der Waals surface area contributed by atoms with Gasteiger partial charge in [-0.25, -0.2) is 9.97 Å². The molecular weight excluding hydrogens is 174 g/mol. The van der Waals surface area contributed by atoms with E-state index in [1.807, 2.05) is 26.2 Å². The smallest absolute Gasteiger partial charge is 0.133 e. The highest BCUT2D eigenvalue weighted by molar-refractivity contribution is 5.05. The Morgan fingerprint density at radius 1 is 1.43 bits per heavy atom. The van der Waals surface area contributed by atoms with Crippen molar-refractivity contribution in [3.05, 3.63) is 23.8 Å². The molecule has 78 valence electrons. The van der Waals surface area contributed by atoms with Gasteiger partial charge in [-0.15, -0.1) is 0 Å². The average Bonchev–Trinajstić information content (AvgIpc) is 2.13. The third-order valence-corrected chi connectivity index (χ3v) is 2.37. The lowest BCUT2D eigenvalue weighted by molar-refractivity contribution is 0.457. The Bertz CT molecular complexity index is 284. The van der Waals surface area contributed by atoms with Gasteiger partial charge in [0, 0.05) is 24.4 Å². The summed E-state index contributed by atoms with van der Waals surface area (Å²) in [6.45, 7) is 7.34. The molecule has 1 N–H and O–H groups in total. The zero-order chi connectivity index (χ0) is 10.6. The van der Waals surface area contributed by atoms with Gasteiger partial charge in [-0.05, 0) is 26.0 Å². The van der Waals surface area contributed by atoms with Crippen molar-refractivity contribution in [3.63, 3.8) is 0 Å². The predicted molar refractivity (Wildman–Crippen MR) is 58.3 cm³/mol. The van der Waals surface area contributed by atoms with Crippen LogP contribution in [0.5, 0.6) is 0 Å². The van der Waals surface area contributed by atoms with E-state index < -0.39 is 0 Å². The Hall–Kier alpha value is -0.960. The first kappa shape index (κ1) is 11.1. The topological polar surface area (TPSA) is 37.8 Å². The molecule has 0 radical (unpaired) electrons. The van der Waals surface area contributed by atoms with E-state index in [0.717, 1.165) is 18.1 Å². The third-order valence-electron chi connectivity index (χ3n) is 2.37. The van der Waals surface area contributed by atoms with Gasteiger partial charge in [0.15, 0.2) is 0 Å². The molecule has 1 atom stereocenters. The van der Waals surface area contributed by atoms with Gasteiger partial charge in [0.25, 0.3) is 0 Å². The van der Waals surface area contributed by atoms with E-state index in [4.69, 9.17) is 0 Å². The predicted octanol–water partition coefficient (Wildman–Crippen LogP) is 1.74. The second-order valence-corrected chi connectivity index (χ2v) is 3.96. The Labute approximate surface area is 86.0 Å². The van der Waals surface area contributed by atoms with Gasteiger partial charge >= 0.3 is 0 Å². The lowest BCUT2D eigenvalue weighted by Gasteiger charge is -2.18. The van der Waals surface area contributed by atoms with Gasteiger partial charge in [0.1, 0.15) is 5.82 Å². The van der Waals surface area contributed by atoms with Gasteiger partial charge in [-0.2, -0.15) is 0 Å². The normalized spacial score (nSPS) is 13.2. The molecule has 0 aliphatic rings. The van der Waals surface area contributed by atoms with Crippen LogP contribution in [-0.4, -0.2) is 23.6 Å². The second kappa shape index (κ2) is 5.05. The van der Waals surface area contributed by atoms with Crippen molar-refractivity contribution in [3.8, 4) is 0 Å². The van der Waals surface area contributed by atoms with Gasteiger partial charge in [0.2, 0.25) is 0 Å². The van der Waals surface area contributed by atoms with Crippen LogP contribution < -0.4 is 5.32 Å². The molecule has 1 unspecified atom stereocenters. The summed E-state index contributed by atoms with van der Waals surface area (Å²) in [7, 11) is 1.96. The Morgan fingerprint density at radius 2 is 2.14 bits per heavy atom. The number of aromatic nitrogens is 2. The SMILES string of the molecule is CNCC(c1nccc(C)n1)C(C)C. The lowest BCUT2D eigenvalue weighted by atomic mass is 9.95. The number of nitrogens with one attached hydrogen (secondary N) is 1. The quantitative estimate of drug-likeness (QED) is 0.791. The molecule has 14 heavy (non-hydrogen) atoms. The summed E-state index contributed by atoms with van der Waals surface area (Å²) in [5, 5.41) is 3.19. The summed E-state index contributed by atoms with van der Waals surface area (Å²) < 4.78 is 0. The molecule has 0 saturated heterocycles. The molecule has 1 aromatic heterocycles. The van der Waals surface area contributed by atoms with E-state index in [-0.39, 0.29) is 0 Å². The minimum Gasteiger partial charge on any atom is -0.319 e. The fourth-order valence-electron chi connectivity index (χ4n) is 1.49. The van der Waals surface area contributed by atoms with Crippen LogP contribution in [0.25, 0.3) is 0 Å². The highest BCUT2D eigenvalue weighted by Crippen LogP contribution is 2.19. The van der Waals surface area contributed by atoms with Gasteiger partial charge in [-0.3, -0.25) is 0 Å². The number of rotatable bonds is 4. The minimum absolute atomic E-state index is 0.403. The fourth-order valence-corrected chi connectivity index (χ4v) is 1.49. The maximum absolute atomic E-state index is 4.46. The lowest BCUT2D eigenvalue weighted by Crippen LogP contribution is -2.23. The van der Waals surface area contributed by atoms with E-state index in [1.165, 1.54) is 0 Å². The molecule has 1 aromatic rings. The van der Waals surface area contributed by atoms with Gasteiger partial charge in [0.05, 0.1) is 0 Å². The summed E-state index contributed by atoms with van der Waals surface area (Å²) >= 11 is 0. The van der Waals surface area contributed by atoms with Crippen LogP contribution in [0.1, 0.15) is 31.3 Å². The summed E-state index contributed by atoms with van der Waals surface area (Å²) in [4.78, 5) is 8.79. The molecule has 0 bridgehead atoms. The van der Waals surface area contributed by atoms with Crippen molar-refractivity contribution >= 4 is 0 Å². The van der Waals surface area contributed by atoms with Gasteiger partial charge in [-0.1, -0.05) is 13.8 Å². The molecule has 0 spiro atoms. The van der Waals surface area contributed by atoms with Crippen molar-refractivity contribution in [2.75, 3.05) is 13.6 Å². The number of aryl methyl sites for hydroxylation is 1. The van der Waals surface area contributed by atoms with Crippen LogP contribution >= 0.6 is 0 Å². The maximum Gasteiger partial charge on any atom is 0.133 e. The average molecular weight is 193 g/mol. The summed E-state index contributed by atoms with van der Waals surface area (Å²) in [5.74, 6) is 1.92. The van der Waals surface area contributed by atoms with Crippen LogP contribution in [0, 0.1) is 12.8 Å². The molecule has 0 aromatic carbocycles. The minimum atomic E-state index is 0.403. The Morgan fingerprint density at radius 3 is 2.64 bits per heavy atom. The van der Waals surface area contributed by atoms with E-state index in [2.05, 4.69) is 29.1 Å². The molecule has 0 aliphatic carbocycles. The first-order valence-corrected chi connectivity index (χ1v) is 5.09. The number of hydrogen-bond acceptors (Lipinski definition) is 3. The molecule has 0 fully saturated rings. The zero-order valence-electron chi connectivity index (χ0n) is 9.41. The van der Waals surface area contributed by atoms with Crippen LogP contribution in [0.4, 0.5) is 0 Å². The molecule has 3 heteroatoms. The monoisotopic (exact) mass is 193 g/mol. The van der Waals surface area contributed by atoms with E-state index in [1.54, 1.807) is 0 Å². The van der Waals surface area contributed by atoms with Crippen LogP contribution in [0.15, 0.2) is 12.3 Å². The fraction of sp³-hybridized carbons (Fsp3) is 0.636. The highest BCUT2D eigenvalue weighted by Gasteiger charge is 2.17. The van der Waals surface area contributed by atoms with E-state index >= 15 is 0 Å². The van der Waals surface area contributed by atoms with Crippen molar-refractivity contribution in [1.82, 2.24) is 15.3 Å². The molecule has 0 saturated carbocycles. The summed E-state index contributed by atoms with van der Waals surface area (Å²) in [6.07, 6.45) is 1.84. The molecule has 1 rings (SSSR count).